The van der Waals surface area contributed by atoms with Crippen molar-refractivity contribution >= 4 is 27.7 Å². The number of benzene rings is 2. The highest BCUT2D eigenvalue weighted by molar-refractivity contribution is 7.90. The van der Waals surface area contributed by atoms with Crippen molar-refractivity contribution in [2.75, 3.05) is 24.5 Å². The van der Waals surface area contributed by atoms with E-state index in [0.717, 1.165) is 28.4 Å². The van der Waals surface area contributed by atoms with Crippen molar-refractivity contribution in [2.45, 2.75) is 37.5 Å². The second kappa shape index (κ2) is 10.1. The lowest BCUT2D eigenvalue weighted by Crippen LogP contribution is -2.41. The molecule has 4 rings (SSSR count). The van der Waals surface area contributed by atoms with Gasteiger partial charge in [0.05, 0.1) is 12.6 Å². The summed E-state index contributed by atoms with van der Waals surface area (Å²) in [5, 5.41) is 1.88. The van der Waals surface area contributed by atoms with E-state index in [4.69, 9.17) is 5.73 Å². The molecule has 3 N–H and O–H groups in total. The van der Waals surface area contributed by atoms with Crippen molar-refractivity contribution in [3.05, 3.63) is 77.6 Å². The SMILES string of the molecule is C=CC(c1ccc2c(c1)CCN2C(=O)NCCCC)S(=O)(=O)N1CC(c2ccc(F)cc2)N=C1N. The lowest BCUT2D eigenvalue weighted by atomic mass is 10.1. The molecule has 186 valence electrons. The van der Waals surface area contributed by atoms with Gasteiger partial charge in [-0.15, -0.1) is 6.58 Å². The minimum absolute atomic E-state index is 0.0286. The summed E-state index contributed by atoms with van der Waals surface area (Å²) >= 11 is 0. The molecule has 2 amide bonds. The van der Waals surface area contributed by atoms with E-state index in [2.05, 4.69) is 23.8 Å². The highest BCUT2D eigenvalue weighted by Gasteiger charge is 2.39. The zero-order valence-corrected chi connectivity index (χ0v) is 20.5. The molecule has 2 atom stereocenters. The third kappa shape index (κ3) is 4.88. The van der Waals surface area contributed by atoms with Gasteiger partial charge in [-0.05, 0) is 47.7 Å². The standard InChI is InChI=1S/C25H30FN5O3S/c1-3-5-13-28-25(32)30-14-12-18-15-19(8-11-22(18)30)23(4-2)35(33,34)31-16-21(29-24(31)27)17-6-9-20(26)10-7-17/h4,6-11,15,21,23H,2-3,5,12-14,16H2,1H3,(H2,27,29)(H,28,32). The van der Waals surface area contributed by atoms with E-state index in [1.165, 1.54) is 18.2 Å². The van der Waals surface area contributed by atoms with Crippen molar-refractivity contribution in [1.29, 1.82) is 0 Å². The molecule has 0 aromatic heterocycles. The zero-order chi connectivity index (χ0) is 25.2. The van der Waals surface area contributed by atoms with E-state index in [0.29, 0.717) is 30.6 Å². The average molecular weight is 500 g/mol. The molecule has 0 saturated heterocycles. The molecular weight excluding hydrogens is 469 g/mol. The number of sulfonamides is 1. The fraction of sp³-hybridized carbons (Fsp3) is 0.360. The first kappa shape index (κ1) is 24.7. The number of guanidine groups is 1. The predicted molar refractivity (Wildman–Crippen MR) is 135 cm³/mol. The van der Waals surface area contributed by atoms with Crippen LogP contribution in [0.15, 0.2) is 60.1 Å². The Kier molecular flexibility index (Phi) is 7.11. The molecule has 10 heteroatoms. The molecule has 0 bridgehead atoms. The van der Waals surface area contributed by atoms with Crippen LogP contribution in [-0.2, 0) is 16.4 Å². The largest absolute Gasteiger partial charge is 0.369 e. The van der Waals surface area contributed by atoms with E-state index >= 15 is 0 Å². The maximum atomic E-state index is 13.6. The van der Waals surface area contributed by atoms with Crippen LogP contribution in [0, 0.1) is 5.82 Å². The smallest absolute Gasteiger partial charge is 0.321 e. The lowest BCUT2D eigenvalue weighted by Gasteiger charge is -2.24. The number of amides is 2. The van der Waals surface area contributed by atoms with Gasteiger partial charge in [0.1, 0.15) is 11.1 Å². The van der Waals surface area contributed by atoms with Gasteiger partial charge in [-0.2, -0.15) is 0 Å². The number of carbonyl (C=O) groups is 1. The zero-order valence-electron chi connectivity index (χ0n) is 19.7. The van der Waals surface area contributed by atoms with Crippen molar-refractivity contribution in [2.24, 2.45) is 10.7 Å². The van der Waals surface area contributed by atoms with Crippen LogP contribution in [0.1, 0.15) is 47.7 Å². The number of hydrogen-bond acceptors (Lipinski definition) is 5. The molecule has 2 heterocycles. The average Bonchev–Trinajstić information content (AvgIpc) is 3.44. The van der Waals surface area contributed by atoms with Crippen molar-refractivity contribution < 1.29 is 17.6 Å². The van der Waals surface area contributed by atoms with Crippen LogP contribution in [0.3, 0.4) is 0 Å². The number of rotatable bonds is 8. The molecule has 2 aromatic carbocycles. The van der Waals surface area contributed by atoms with E-state index in [1.54, 1.807) is 29.2 Å². The third-order valence-corrected chi connectivity index (χ3v) is 8.42. The second-order valence-electron chi connectivity index (χ2n) is 8.66. The van der Waals surface area contributed by atoms with E-state index in [9.17, 15) is 17.6 Å². The number of anilines is 1. The summed E-state index contributed by atoms with van der Waals surface area (Å²) in [5.41, 5.74) is 8.93. The number of halogens is 1. The van der Waals surface area contributed by atoms with E-state index in [1.807, 2.05) is 6.07 Å². The lowest BCUT2D eigenvalue weighted by molar-refractivity contribution is 0.246. The van der Waals surface area contributed by atoms with Gasteiger partial charge in [0.2, 0.25) is 16.0 Å². The van der Waals surface area contributed by atoms with Crippen LogP contribution in [0.4, 0.5) is 14.9 Å². The van der Waals surface area contributed by atoms with Crippen molar-refractivity contribution in [3.63, 3.8) is 0 Å². The monoisotopic (exact) mass is 499 g/mol. The maximum Gasteiger partial charge on any atom is 0.321 e. The summed E-state index contributed by atoms with van der Waals surface area (Å²) in [5.74, 6) is -0.490. The Balaban J connectivity index is 1.54. The highest BCUT2D eigenvalue weighted by Crippen LogP contribution is 2.36. The van der Waals surface area contributed by atoms with Gasteiger partial charge in [-0.1, -0.05) is 43.7 Å². The Labute approximate surface area is 205 Å². The number of nitrogens with two attached hydrogens (primary N) is 1. The minimum Gasteiger partial charge on any atom is -0.369 e. The second-order valence-corrected chi connectivity index (χ2v) is 10.6. The van der Waals surface area contributed by atoms with Crippen molar-refractivity contribution in [1.82, 2.24) is 9.62 Å². The van der Waals surface area contributed by atoms with Crippen LogP contribution in [-0.4, -0.2) is 44.3 Å². The first-order valence-corrected chi connectivity index (χ1v) is 13.2. The summed E-state index contributed by atoms with van der Waals surface area (Å²) in [6.07, 6.45) is 3.91. The molecule has 8 nitrogen and oxygen atoms in total. The first-order valence-electron chi connectivity index (χ1n) is 11.7. The maximum absolute atomic E-state index is 13.6. The molecule has 0 fully saturated rings. The number of nitrogens with zero attached hydrogens (tertiary/aromatic N) is 3. The number of unbranched alkanes of at least 4 members (excludes halogenated alkanes) is 1. The quantitative estimate of drug-likeness (QED) is 0.427. The van der Waals surface area contributed by atoms with Crippen LogP contribution < -0.4 is 16.0 Å². The molecule has 0 radical (unpaired) electrons. The predicted octanol–water partition coefficient (Wildman–Crippen LogP) is 3.63. The number of aliphatic imine (C=N–C) groups is 1. The fourth-order valence-electron chi connectivity index (χ4n) is 4.46. The summed E-state index contributed by atoms with van der Waals surface area (Å²) in [4.78, 5) is 18.5. The van der Waals surface area contributed by atoms with Gasteiger partial charge in [-0.3, -0.25) is 4.90 Å². The topological polar surface area (TPSA) is 108 Å². The number of fused-ring (bicyclic) bond motifs is 1. The molecule has 2 unspecified atom stereocenters. The molecule has 0 spiro atoms. The molecule has 2 aromatic rings. The summed E-state index contributed by atoms with van der Waals surface area (Å²) in [7, 11) is -3.97. The number of urea groups is 1. The fourth-order valence-corrected chi connectivity index (χ4v) is 6.12. The number of hydrogen-bond donors (Lipinski definition) is 2. The summed E-state index contributed by atoms with van der Waals surface area (Å²) in [6, 6.07) is 10.4. The molecule has 0 aliphatic carbocycles. The Morgan fingerprint density at radius 1 is 1.31 bits per heavy atom. The summed E-state index contributed by atoms with van der Waals surface area (Å²) < 4.78 is 41.5. The highest BCUT2D eigenvalue weighted by atomic mass is 32.2. The molecule has 2 aliphatic heterocycles. The van der Waals surface area contributed by atoms with Crippen molar-refractivity contribution in [3.8, 4) is 0 Å². The van der Waals surface area contributed by atoms with Crippen LogP contribution in [0.2, 0.25) is 0 Å². The molecular formula is C25H30FN5O3S. The van der Waals surface area contributed by atoms with E-state index < -0.39 is 21.3 Å². The number of nitrogens with one attached hydrogen (secondary N) is 1. The van der Waals surface area contributed by atoms with Gasteiger partial charge in [0.15, 0.2) is 0 Å². The normalized spacial score (nSPS) is 18.2. The Hall–Kier alpha value is -3.40. The third-order valence-electron chi connectivity index (χ3n) is 6.36. The van der Waals surface area contributed by atoms with E-state index in [-0.39, 0.29) is 24.4 Å². The summed E-state index contributed by atoms with van der Waals surface area (Å²) in [6.45, 7) is 7.01. The van der Waals surface area contributed by atoms with Crippen LogP contribution in [0.25, 0.3) is 0 Å². The van der Waals surface area contributed by atoms with Crippen LogP contribution in [0.5, 0.6) is 0 Å². The Morgan fingerprint density at radius 2 is 2.06 bits per heavy atom. The van der Waals surface area contributed by atoms with Gasteiger partial charge >= 0.3 is 6.03 Å². The van der Waals surface area contributed by atoms with Gasteiger partial charge in [0, 0.05) is 18.8 Å². The van der Waals surface area contributed by atoms with Crippen LogP contribution >= 0.6 is 0 Å². The Bertz CT molecular complexity index is 1250. The minimum atomic E-state index is -3.97. The Morgan fingerprint density at radius 3 is 2.74 bits per heavy atom. The van der Waals surface area contributed by atoms with Gasteiger partial charge in [-0.25, -0.2) is 26.9 Å². The molecule has 2 aliphatic rings. The van der Waals surface area contributed by atoms with Gasteiger partial charge in [0.25, 0.3) is 0 Å². The molecule has 35 heavy (non-hydrogen) atoms. The van der Waals surface area contributed by atoms with Gasteiger partial charge < -0.3 is 11.1 Å². The first-order chi connectivity index (χ1) is 16.8. The number of carbonyl (C=O) groups excluding carboxylic acids is 1. The molecule has 0 saturated carbocycles.